The zero-order valence-electron chi connectivity index (χ0n) is 23.9. The molecule has 0 spiro atoms. The first-order chi connectivity index (χ1) is 17.9. The van der Waals surface area contributed by atoms with Crippen molar-refractivity contribution < 1.29 is 19.1 Å². The largest absolute Gasteiger partial charge is 0.451 e. The zero-order chi connectivity index (χ0) is 27.3. The summed E-state index contributed by atoms with van der Waals surface area (Å²) in [5.74, 6) is 1.64. The number of Topliss-reactive ketones (excluding diaryl/α,β-unsaturated/α-hetero) is 2. The molecule has 1 heterocycles. The molecule has 0 N–H and O–H groups in total. The Morgan fingerprint density at radius 3 is 2.39 bits per heavy atom. The highest BCUT2D eigenvalue weighted by Gasteiger charge is 2.71. The number of aryl methyl sites for hydroxylation is 1. The van der Waals surface area contributed by atoms with Crippen molar-refractivity contribution in [1.29, 1.82) is 0 Å². The molecule has 4 aliphatic rings. The van der Waals surface area contributed by atoms with E-state index < -0.39 is 5.60 Å². The summed E-state index contributed by atoms with van der Waals surface area (Å²) in [5.41, 5.74) is 1.01. The first kappa shape index (κ1) is 25.8. The number of aromatic nitrogens is 1. The molecule has 38 heavy (non-hydrogen) atoms. The molecule has 5 nitrogen and oxygen atoms in total. The molecule has 0 aliphatic heterocycles. The molecule has 204 valence electrons. The lowest BCUT2D eigenvalue weighted by atomic mass is 9.36. The fourth-order valence-corrected chi connectivity index (χ4v) is 10.9. The van der Waals surface area contributed by atoms with Gasteiger partial charge in [-0.1, -0.05) is 39.0 Å². The number of carbonyl (C=O) groups is 3. The van der Waals surface area contributed by atoms with Crippen molar-refractivity contribution in [3.05, 3.63) is 36.0 Å². The Hall–Kier alpha value is -2.43. The minimum Gasteiger partial charge on any atom is -0.451 e. The summed E-state index contributed by atoms with van der Waals surface area (Å²) in [7, 11) is 2.13. The van der Waals surface area contributed by atoms with Gasteiger partial charge in [0.05, 0.1) is 0 Å². The fraction of sp³-hybridized carbons (Fsp3) is 0.667. The number of para-hydroxylation sites is 1. The summed E-state index contributed by atoms with van der Waals surface area (Å²) in [6.45, 7) is 10.2. The number of esters is 1. The molecule has 0 amide bonds. The van der Waals surface area contributed by atoms with Gasteiger partial charge in [-0.25, -0.2) is 0 Å². The average molecular weight is 518 g/mol. The van der Waals surface area contributed by atoms with Gasteiger partial charge in [0.2, 0.25) is 0 Å². The summed E-state index contributed by atoms with van der Waals surface area (Å²) in [6.07, 6.45) is 9.02. The third-order valence-corrected chi connectivity index (χ3v) is 12.5. The molecule has 4 saturated carbocycles. The lowest BCUT2D eigenvalue weighted by Crippen LogP contribution is -2.65. The molecule has 6 rings (SSSR count). The van der Waals surface area contributed by atoms with Gasteiger partial charge in [0.15, 0.2) is 11.4 Å². The topological polar surface area (TPSA) is 65.4 Å². The van der Waals surface area contributed by atoms with Gasteiger partial charge in [-0.05, 0) is 86.2 Å². The van der Waals surface area contributed by atoms with Gasteiger partial charge < -0.3 is 9.30 Å². The highest BCUT2D eigenvalue weighted by Crippen LogP contribution is 2.73. The normalized spacial score (nSPS) is 42.3. The number of nitrogens with zero attached hydrogens (tertiary/aromatic N) is 1. The second-order valence-corrected chi connectivity index (χ2v) is 13.8. The van der Waals surface area contributed by atoms with Crippen LogP contribution in [0.2, 0.25) is 0 Å². The number of rotatable bonds is 3. The van der Waals surface area contributed by atoms with Crippen LogP contribution in [0.5, 0.6) is 0 Å². The molecule has 0 saturated heterocycles. The van der Waals surface area contributed by atoms with Gasteiger partial charge in [-0.15, -0.1) is 0 Å². The maximum atomic E-state index is 13.3. The van der Waals surface area contributed by atoms with Crippen molar-refractivity contribution in [2.75, 3.05) is 0 Å². The molecule has 5 heteroatoms. The van der Waals surface area contributed by atoms with E-state index in [4.69, 9.17) is 4.74 Å². The van der Waals surface area contributed by atoms with Gasteiger partial charge in [0.1, 0.15) is 5.78 Å². The Kier molecular flexibility index (Phi) is 5.63. The highest BCUT2D eigenvalue weighted by molar-refractivity contribution is 5.90. The molecule has 4 aliphatic carbocycles. The lowest BCUT2D eigenvalue weighted by molar-refractivity contribution is -0.197. The van der Waals surface area contributed by atoms with Crippen LogP contribution in [0, 0.1) is 34.5 Å². The first-order valence-corrected chi connectivity index (χ1v) is 14.7. The molecule has 1 aromatic carbocycles. The molecule has 0 bridgehead atoms. The average Bonchev–Trinajstić information content (AvgIpc) is 3.35. The van der Waals surface area contributed by atoms with Gasteiger partial charge in [-0.2, -0.15) is 0 Å². The van der Waals surface area contributed by atoms with Crippen molar-refractivity contribution >= 4 is 28.4 Å². The van der Waals surface area contributed by atoms with E-state index in [2.05, 4.69) is 62.8 Å². The standard InChI is InChI=1S/C33H43NO4/c1-20-17-25-26(12-15-31(5)27(25)13-16-33(31,21(2)35)38-22(3)36)30(4)14-11-23(37)18-32(20,30)28-19-34(6)29-10-8-7-9-24(28)29/h7-10,19-20,25-27H,11-18H2,1-6H3/t20-,25+,26-,27-,30+,31-,32+,33-/m0/s1. The van der Waals surface area contributed by atoms with Gasteiger partial charge in [0.25, 0.3) is 0 Å². The van der Waals surface area contributed by atoms with Crippen LogP contribution in [0.1, 0.15) is 91.5 Å². The van der Waals surface area contributed by atoms with Gasteiger partial charge in [0, 0.05) is 54.7 Å². The van der Waals surface area contributed by atoms with Crippen LogP contribution in [0.4, 0.5) is 0 Å². The van der Waals surface area contributed by atoms with Crippen LogP contribution in [-0.4, -0.2) is 27.7 Å². The number of hydrogen-bond donors (Lipinski definition) is 0. The highest BCUT2D eigenvalue weighted by atomic mass is 16.6. The van der Waals surface area contributed by atoms with Crippen LogP contribution in [0.15, 0.2) is 30.5 Å². The Labute approximate surface area is 226 Å². The first-order valence-electron chi connectivity index (χ1n) is 14.7. The number of carbonyl (C=O) groups excluding carboxylic acids is 3. The summed E-state index contributed by atoms with van der Waals surface area (Å²) in [5, 5.41) is 1.29. The van der Waals surface area contributed by atoms with Crippen molar-refractivity contribution in [2.45, 2.75) is 97.0 Å². The second-order valence-electron chi connectivity index (χ2n) is 13.8. The Morgan fingerprint density at radius 2 is 1.68 bits per heavy atom. The Bertz CT molecular complexity index is 1340. The minimum absolute atomic E-state index is 0.000384. The summed E-state index contributed by atoms with van der Waals surface area (Å²) >= 11 is 0. The van der Waals surface area contributed by atoms with Gasteiger partial charge in [-0.3, -0.25) is 14.4 Å². The van der Waals surface area contributed by atoms with Crippen LogP contribution in [0.3, 0.4) is 0 Å². The predicted molar refractivity (Wildman–Crippen MR) is 148 cm³/mol. The second kappa shape index (κ2) is 8.29. The lowest BCUT2D eigenvalue weighted by Gasteiger charge is -2.67. The van der Waals surface area contributed by atoms with Crippen LogP contribution in [0.25, 0.3) is 10.9 Å². The van der Waals surface area contributed by atoms with Crippen molar-refractivity contribution in [1.82, 2.24) is 4.57 Å². The quantitative estimate of drug-likeness (QED) is 0.433. The van der Waals surface area contributed by atoms with Crippen LogP contribution in [-0.2, 0) is 31.6 Å². The van der Waals surface area contributed by atoms with E-state index in [1.165, 1.54) is 23.4 Å². The Balaban J connectivity index is 1.49. The number of ketones is 2. The molecule has 8 atom stereocenters. The molecule has 4 fully saturated rings. The maximum absolute atomic E-state index is 13.3. The predicted octanol–water partition coefficient (Wildman–Crippen LogP) is 6.55. The summed E-state index contributed by atoms with van der Waals surface area (Å²) in [4.78, 5) is 38.7. The fourth-order valence-electron chi connectivity index (χ4n) is 10.9. The maximum Gasteiger partial charge on any atom is 0.303 e. The molecule has 0 radical (unpaired) electrons. The van der Waals surface area contributed by atoms with E-state index in [0.717, 1.165) is 32.1 Å². The Morgan fingerprint density at radius 1 is 1.00 bits per heavy atom. The zero-order valence-corrected chi connectivity index (χ0v) is 23.9. The van der Waals surface area contributed by atoms with E-state index in [-0.39, 0.29) is 28.0 Å². The molecular weight excluding hydrogens is 474 g/mol. The molecular formula is C33H43NO4. The summed E-state index contributed by atoms with van der Waals surface area (Å²) in [6, 6.07) is 8.66. The van der Waals surface area contributed by atoms with E-state index in [1.54, 1.807) is 6.92 Å². The van der Waals surface area contributed by atoms with E-state index >= 15 is 0 Å². The van der Waals surface area contributed by atoms with Gasteiger partial charge >= 0.3 is 5.97 Å². The van der Waals surface area contributed by atoms with E-state index in [1.807, 2.05) is 0 Å². The SMILES string of the molecule is CC(=O)O[C@]1(C(C)=O)CC[C@H]2[C@@H]3C[C@H](C)[C@@]4(c5cn(C)c6ccccc56)CC(=O)CC[C@]4(C)[C@H]3CC[C@@]21C. The number of hydrogen-bond acceptors (Lipinski definition) is 4. The molecule has 2 aromatic rings. The smallest absolute Gasteiger partial charge is 0.303 e. The van der Waals surface area contributed by atoms with Crippen LogP contribution < -0.4 is 0 Å². The number of ether oxygens (including phenoxy) is 1. The summed E-state index contributed by atoms with van der Waals surface area (Å²) < 4.78 is 8.23. The monoisotopic (exact) mass is 517 g/mol. The minimum atomic E-state index is -1.01. The van der Waals surface area contributed by atoms with E-state index in [0.29, 0.717) is 48.7 Å². The molecule has 0 unspecified atom stereocenters. The van der Waals surface area contributed by atoms with Crippen molar-refractivity contribution in [3.8, 4) is 0 Å². The third kappa shape index (κ3) is 3.02. The van der Waals surface area contributed by atoms with E-state index in [9.17, 15) is 14.4 Å². The van der Waals surface area contributed by atoms with Crippen molar-refractivity contribution in [3.63, 3.8) is 0 Å². The molecule has 1 aromatic heterocycles. The van der Waals surface area contributed by atoms with Crippen molar-refractivity contribution in [2.24, 2.45) is 41.5 Å². The number of fused-ring (bicyclic) bond motifs is 6. The number of benzene rings is 1. The third-order valence-electron chi connectivity index (χ3n) is 12.5. The van der Waals surface area contributed by atoms with Crippen LogP contribution >= 0.6 is 0 Å².